The molecule has 134 valence electrons. The van der Waals surface area contributed by atoms with Crippen molar-refractivity contribution in [3.63, 3.8) is 0 Å². The van der Waals surface area contributed by atoms with Crippen LogP contribution in [0.25, 0.3) is 0 Å². The van der Waals surface area contributed by atoms with Crippen LogP contribution in [0.2, 0.25) is 5.02 Å². The van der Waals surface area contributed by atoms with Gasteiger partial charge in [-0.2, -0.15) is 0 Å². The van der Waals surface area contributed by atoms with Gasteiger partial charge in [-0.05, 0) is 31.0 Å². The second kappa shape index (κ2) is 6.96. The third-order valence-corrected chi connectivity index (χ3v) is 6.82. The number of carbonyl (C=O) groups is 1. The highest BCUT2D eigenvalue weighted by Crippen LogP contribution is 2.42. The van der Waals surface area contributed by atoms with Gasteiger partial charge in [0, 0.05) is 18.5 Å². The van der Waals surface area contributed by atoms with E-state index in [-0.39, 0.29) is 15.5 Å². The lowest BCUT2D eigenvalue weighted by molar-refractivity contribution is -0.0258. The predicted octanol–water partition coefficient (Wildman–Crippen LogP) is 2.50. The molecular weight excluding hydrogens is 388 g/mol. The topological polar surface area (TPSA) is 101 Å². The van der Waals surface area contributed by atoms with Crippen molar-refractivity contribution < 1.29 is 18.0 Å². The van der Waals surface area contributed by atoms with E-state index in [0.717, 1.165) is 17.8 Å². The average Bonchev–Trinajstić information content (AvgIpc) is 3.34. The fourth-order valence-corrected chi connectivity index (χ4v) is 4.41. The SMILES string of the molecule is CON(C)S(=O)(=O)c1cc(C(=O)Nc2nnc(C3CC3)s2)ccc1Cl. The highest BCUT2D eigenvalue weighted by atomic mass is 35.5. The molecule has 1 N–H and O–H groups in total. The Bertz CT molecular complexity index is 911. The number of nitrogens with zero attached hydrogens (tertiary/aromatic N) is 3. The second-order valence-electron chi connectivity index (χ2n) is 5.42. The minimum atomic E-state index is -3.97. The van der Waals surface area contributed by atoms with Crippen LogP contribution < -0.4 is 5.32 Å². The number of rotatable bonds is 6. The maximum Gasteiger partial charge on any atom is 0.266 e. The van der Waals surface area contributed by atoms with Crippen molar-refractivity contribution >= 4 is 44.0 Å². The molecular formula is C14H15ClN4O4S2. The highest BCUT2D eigenvalue weighted by molar-refractivity contribution is 7.89. The van der Waals surface area contributed by atoms with E-state index < -0.39 is 15.9 Å². The van der Waals surface area contributed by atoms with Gasteiger partial charge in [-0.1, -0.05) is 27.4 Å². The van der Waals surface area contributed by atoms with Crippen LogP contribution in [-0.4, -0.2) is 43.1 Å². The third kappa shape index (κ3) is 3.82. The van der Waals surface area contributed by atoms with E-state index in [1.165, 1.54) is 43.7 Å². The van der Waals surface area contributed by atoms with Crippen LogP contribution >= 0.6 is 22.9 Å². The van der Waals surface area contributed by atoms with Crippen molar-refractivity contribution in [3.05, 3.63) is 33.8 Å². The fourth-order valence-electron chi connectivity index (χ4n) is 2.03. The molecule has 25 heavy (non-hydrogen) atoms. The number of amides is 1. The molecule has 1 aromatic heterocycles. The minimum absolute atomic E-state index is 0.00705. The molecule has 1 saturated carbocycles. The number of benzene rings is 1. The number of hydroxylamine groups is 1. The Morgan fingerprint density at radius 1 is 1.40 bits per heavy atom. The number of sulfonamides is 1. The molecule has 1 aliphatic carbocycles. The summed E-state index contributed by atoms with van der Waals surface area (Å²) in [6.07, 6.45) is 2.18. The van der Waals surface area contributed by atoms with Gasteiger partial charge in [0.05, 0.1) is 12.1 Å². The number of halogens is 1. The molecule has 0 bridgehead atoms. The molecule has 1 aliphatic rings. The molecule has 1 amide bonds. The van der Waals surface area contributed by atoms with Crippen molar-refractivity contribution in [2.45, 2.75) is 23.7 Å². The van der Waals surface area contributed by atoms with Gasteiger partial charge in [0.15, 0.2) is 0 Å². The van der Waals surface area contributed by atoms with Gasteiger partial charge in [0.2, 0.25) is 5.13 Å². The molecule has 1 heterocycles. The summed E-state index contributed by atoms with van der Waals surface area (Å²) in [7, 11) is -1.52. The van der Waals surface area contributed by atoms with E-state index in [2.05, 4.69) is 15.5 Å². The molecule has 0 spiro atoms. The summed E-state index contributed by atoms with van der Waals surface area (Å²) in [5.74, 6) is -0.0494. The van der Waals surface area contributed by atoms with E-state index in [1.807, 2.05) is 0 Å². The molecule has 1 aromatic carbocycles. The van der Waals surface area contributed by atoms with E-state index in [4.69, 9.17) is 16.4 Å². The number of aromatic nitrogens is 2. The van der Waals surface area contributed by atoms with Gasteiger partial charge in [-0.25, -0.2) is 8.42 Å². The van der Waals surface area contributed by atoms with E-state index in [1.54, 1.807) is 0 Å². The Kier molecular flexibility index (Phi) is 5.07. The van der Waals surface area contributed by atoms with E-state index >= 15 is 0 Å². The number of hydrogen-bond donors (Lipinski definition) is 1. The number of carbonyl (C=O) groups excluding carboxylic acids is 1. The fraction of sp³-hybridized carbons (Fsp3) is 0.357. The van der Waals surface area contributed by atoms with E-state index in [0.29, 0.717) is 15.5 Å². The maximum atomic E-state index is 12.4. The Morgan fingerprint density at radius 3 is 2.76 bits per heavy atom. The summed E-state index contributed by atoms with van der Waals surface area (Å²) in [5, 5.41) is 11.9. The van der Waals surface area contributed by atoms with Crippen molar-refractivity contribution in [2.75, 3.05) is 19.5 Å². The zero-order valence-electron chi connectivity index (χ0n) is 13.4. The first kappa shape index (κ1) is 18.2. The van der Waals surface area contributed by atoms with Crippen LogP contribution in [0.3, 0.4) is 0 Å². The van der Waals surface area contributed by atoms with E-state index in [9.17, 15) is 13.2 Å². The molecule has 0 atom stereocenters. The number of nitrogens with one attached hydrogen (secondary N) is 1. The van der Waals surface area contributed by atoms with Gasteiger partial charge in [-0.3, -0.25) is 14.9 Å². The zero-order chi connectivity index (χ0) is 18.2. The van der Waals surface area contributed by atoms with Crippen LogP contribution in [-0.2, 0) is 14.9 Å². The average molecular weight is 403 g/mol. The van der Waals surface area contributed by atoms with Gasteiger partial charge < -0.3 is 0 Å². The molecule has 0 unspecified atom stereocenters. The summed E-state index contributed by atoms with van der Waals surface area (Å²) in [5.41, 5.74) is 0.135. The lowest BCUT2D eigenvalue weighted by atomic mass is 10.2. The largest absolute Gasteiger partial charge is 0.296 e. The Labute approximate surface area is 153 Å². The van der Waals surface area contributed by atoms with Gasteiger partial charge in [0.25, 0.3) is 15.9 Å². The lowest BCUT2D eigenvalue weighted by Crippen LogP contribution is -2.26. The molecule has 8 nitrogen and oxygen atoms in total. The smallest absolute Gasteiger partial charge is 0.266 e. The van der Waals surface area contributed by atoms with Crippen molar-refractivity contribution in [3.8, 4) is 0 Å². The van der Waals surface area contributed by atoms with Gasteiger partial charge >= 0.3 is 0 Å². The normalized spacial score (nSPS) is 14.7. The molecule has 0 saturated heterocycles. The Hall–Kier alpha value is -1.59. The summed E-state index contributed by atoms with van der Waals surface area (Å²) in [4.78, 5) is 16.9. The summed E-state index contributed by atoms with van der Waals surface area (Å²) < 4.78 is 25.4. The zero-order valence-corrected chi connectivity index (χ0v) is 15.8. The summed E-state index contributed by atoms with van der Waals surface area (Å²) in [6.45, 7) is 0. The first-order valence-corrected chi connectivity index (χ1v) is 9.93. The molecule has 0 radical (unpaired) electrons. The standard InChI is InChI=1S/C14H15ClN4O4S2/c1-19(23-2)25(21,22)11-7-9(5-6-10(11)15)12(20)16-14-18-17-13(24-14)8-3-4-8/h5-8H,3-4H2,1-2H3,(H,16,18,20). The number of anilines is 1. The second-order valence-corrected chi connectivity index (χ2v) is 8.74. The summed E-state index contributed by atoms with van der Waals surface area (Å²) >= 11 is 7.30. The van der Waals surface area contributed by atoms with Crippen molar-refractivity contribution in [1.29, 1.82) is 0 Å². The Balaban J connectivity index is 1.84. The molecule has 2 aromatic rings. The van der Waals surface area contributed by atoms with Crippen LogP contribution in [0.1, 0.15) is 34.1 Å². The van der Waals surface area contributed by atoms with Crippen LogP contribution in [0, 0.1) is 0 Å². The maximum absolute atomic E-state index is 12.4. The van der Waals surface area contributed by atoms with Crippen molar-refractivity contribution in [1.82, 2.24) is 14.7 Å². The van der Waals surface area contributed by atoms with Gasteiger partial charge in [0.1, 0.15) is 9.90 Å². The highest BCUT2D eigenvalue weighted by Gasteiger charge is 2.28. The summed E-state index contributed by atoms with van der Waals surface area (Å²) in [6, 6.07) is 3.99. The van der Waals surface area contributed by atoms with Crippen LogP contribution in [0.5, 0.6) is 0 Å². The van der Waals surface area contributed by atoms with Crippen LogP contribution in [0.4, 0.5) is 5.13 Å². The van der Waals surface area contributed by atoms with Crippen molar-refractivity contribution in [2.24, 2.45) is 0 Å². The predicted molar refractivity (Wildman–Crippen MR) is 93.2 cm³/mol. The minimum Gasteiger partial charge on any atom is -0.296 e. The first-order valence-electron chi connectivity index (χ1n) is 7.30. The molecule has 11 heteroatoms. The monoisotopic (exact) mass is 402 g/mol. The first-order chi connectivity index (χ1) is 11.8. The molecule has 0 aliphatic heterocycles. The number of hydrogen-bond acceptors (Lipinski definition) is 7. The lowest BCUT2D eigenvalue weighted by Gasteiger charge is -2.15. The van der Waals surface area contributed by atoms with Gasteiger partial charge in [-0.15, -0.1) is 10.2 Å². The third-order valence-electron chi connectivity index (χ3n) is 3.65. The Morgan fingerprint density at radius 2 is 2.12 bits per heavy atom. The quantitative estimate of drug-likeness (QED) is 0.745. The molecule has 3 rings (SSSR count). The molecule has 1 fully saturated rings. The van der Waals surface area contributed by atoms with Crippen LogP contribution in [0.15, 0.2) is 23.1 Å².